The number of aromatic nitrogens is 2. The number of anilines is 1. The van der Waals surface area contributed by atoms with E-state index in [1.807, 2.05) is 37.3 Å². The molecule has 1 amide bonds. The monoisotopic (exact) mass is 339 g/mol. The molecule has 3 rings (SSSR count). The van der Waals surface area contributed by atoms with Crippen LogP contribution in [0.5, 0.6) is 0 Å². The Morgan fingerprint density at radius 2 is 2.00 bits per heavy atom. The fraction of sp³-hybridized carbons (Fsp3) is 0.158. The van der Waals surface area contributed by atoms with Crippen LogP contribution in [-0.2, 0) is 6.42 Å². The van der Waals surface area contributed by atoms with Crippen molar-refractivity contribution in [3.05, 3.63) is 76.6 Å². The molecule has 4 nitrogen and oxygen atoms in total. The molecular weight excluding hydrogens is 322 g/mol. The van der Waals surface area contributed by atoms with E-state index in [4.69, 9.17) is 11.6 Å². The lowest BCUT2D eigenvalue weighted by Gasteiger charge is -2.12. The number of aryl methyl sites for hydroxylation is 2. The summed E-state index contributed by atoms with van der Waals surface area (Å²) in [7, 11) is 0. The number of carbonyl (C=O) groups excluding carboxylic acids is 1. The Labute approximate surface area is 146 Å². The maximum atomic E-state index is 12.5. The van der Waals surface area contributed by atoms with E-state index in [1.54, 1.807) is 29.1 Å². The first-order chi connectivity index (χ1) is 11.6. The zero-order valence-electron chi connectivity index (χ0n) is 13.6. The first-order valence-electron chi connectivity index (χ1n) is 7.80. The van der Waals surface area contributed by atoms with Crippen LogP contribution in [0.15, 0.2) is 54.7 Å². The van der Waals surface area contributed by atoms with Gasteiger partial charge in [0.25, 0.3) is 5.91 Å². The normalized spacial score (nSPS) is 10.6. The number of amides is 1. The number of halogens is 1. The topological polar surface area (TPSA) is 46.9 Å². The molecule has 0 fully saturated rings. The number of para-hydroxylation sites is 1. The fourth-order valence-electron chi connectivity index (χ4n) is 2.59. The summed E-state index contributed by atoms with van der Waals surface area (Å²) >= 11 is 6.00. The van der Waals surface area contributed by atoms with Crippen molar-refractivity contribution in [1.82, 2.24) is 9.78 Å². The van der Waals surface area contributed by atoms with E-state index in [2.05, 4.69) is 17.3 Å². The van der Waals surface area contributed by atoms with E-state index in [0.717, 1.165) is 28.9 Å². The third kappa shape index (κ3) is 3.34. The summed E-state index contributed by atoms with van der Waals surface area (Å²) in [6.45, 7) is 4.05. The first-order valence-corrected chi connectivity index (χ1v) is 8.17. The van der Waals surface area contributed by atoms with Crippen LogP contribution in [0.25, 0.3) is 5.69 Å². The van der Waals surface area contributed by atoms with Crippen LogP contribution in [0.4, 0.5) is 5.69 Å². The van der Waals surface area contributed by atoms with Crippen LogP contribution in [-0.4, -0.2) is 15.7 Å². The van der Waals surface area contributed by atoms with Crippen molar-refractivity contribution in [3.63, 3.8) is 0 Å². The molecule has 0 atom stereocenters. The van der Waals surface area contributed by atoms with Crippen molar-refractivity contribution in [2.75, 3.05) is 5.32 Å². The Kier molecular flexibility index (Phi) is 4.67. The molecule has 0 saturated heterocycles. The van der Waals surface area contributed by atoms with Gasteiger partial charge in [0.2, 0.25) is 0 Å². The average Bonchev–Trinajstić information content (AvgIpc) is 3.07. The number of rotatable bonds is 4. The van der Waals surface area contributed by atoms with Crippen molar-refractivity contribution in [1.29, 1.82) is 0 Å². The summed E-state index contributed by atoms with van der Waals surface area (Å²) in [6, 6.07) is 15.0. The molecule has 0 bridgehead atoms. The fourth-order valence-corrected chi connectivity index (χ4v) is 2.77. The van der Waals surface area contributed by atoms with Gasteiger partial charge >= 0.3 is 0 Å². The molecule has 0 radical (unpaired) electrons. The Balaban J connectivity index is 1.85. The van der Waals surface area contributed by atoms with Gasteiger partial charge in [-0.05, 0) is 48.7 Å². The lowest BCUT2D eigenvalue weighted by molar-refractivity contribution is 0.102. The summed E-state index contributed by atoms with van der Waals surface area (Å²) in [4.78, 5) is 12.5. The maximum Gasteiger partial charge on any atom is 0.276 e. The molecule has 3 aromatic rings. The number of carbonyl (C=O) groups is 1. The lowest BCUT2D eigenvalue weighted by atomic mass is 10.1. The van der Waals surface area contributed by atoms with Gasteiger partial charge in [0.15, 0.2) is 5.69 Å². The van der Waals surface area contributed by atoms with Crippen LogP contribution >= 0.6 is 11.6 Å². The van der Waals surface area contributed by atoms with Crippen LogP contribution in [0.3, 0.4) is 0 Å². The molecule has 0 spiro atoms. The summed E-state index contributed by atoms with van der Waals surface area (Å²) in [5.74, 6) is -0.222. The van der Waals surface area contributed by atoms with Gasteiger partial charge < -0.3 is 5.32 Å². The minimum Gasteiger partial charge on any atom is -0.320 e. The van der Waals surface area contributed by atoms with E-state index in [-0.39, 0.29) is 5.91 Å². The highest BCUT2D eigenvalue weighted by molar-refractivity contribution is 6.30. The smallest absolute Gasteiger partial charge is 0.276 e. The van der Waals surface area contributed by atoms with Crippen LogP contribution in [0.1, 0.15) is 28.5 Å². The highest BCUT2D eigenvalue weighted by atomic mass is 35.5. The Morgan fingerprint density at radius 3 is 2.75 bits per heavy atom. The number of hydrogen-bond acceptors (Lipinski definition) is 2. The maximum absolute atomic E-state index is 12.5. The molecule has 1 N–H and O–H groups in total. The molecular formula is C19H18ClN3O. The molecule has 0 unspecified atom stereocenters. The molecule has 1 aromatic heterocycles. The van der Waals surface area contributed by atoms with Gasteiger partial charge in [0, 0.05) is 16.9 Å². The zero-order chi connectivity index (χ0) is 17.1. The Bertz CT molecular complexity index is 886. The molecule has 0 saturated carbocycles. The third-order valence-electron chi connectivity index (χ3n) is 3.87. The average molecular weight is 340 g/mol. The van der Waals surface area contributed by atoms with Gasteiger partial charge in [0.05, 0.1) is 5.69 Å². The molecule has 0 aliphatic carbocycles. The standard InChI is InChI=1S/C19H18ClN3O/c1-3-14-7-4-6-13(2)18(14)21-19(24)17-10-11-23(22-17)16-9-5-8-15(20)12-16/h4-12H,3H2,1-2H3,(H,21,24). The number of nitrogens with zero attached hydrogens (tertiary/aromatic N) is 2. The second-order valence-electron chi connectivity index (χ2n) is 5.54. The summed E-state index contributed by atoms with van der Waals surface area (Å²) in [6.07, 6.45) is 2.60. The van der Waals surface area contributed by atoms with Gasteiger partial charge in [-0.3, -0.25) is 4.79 Å². The van der Waals surface area contributed by atoms with Crippen molar-refractivity contribution >= 4 is 23.2 Å². The van der Waals surface area contributed by atoms with Crippen molar-refractivity contribution in [2.45, 2.75) is 20.3 Å². The molecule has 24 heavy (non-hydrogen) atoms. The summed E-state index contributed by atoms with van der Waals surface area (Å²) in [5, 5.41) is 7.96. The van der Waals surface area contributed by atoms with Gasteiger partial charge in [-0.25, -0.2) is 4.68 Å². The number of benzene rings is 2. The molecule has 2 aromatic carbocycles. The highest BCUT2D eigenvalue weighted by Crippen LogP contribution is 2.22. The first kappa shape index (κ1) is 16.3. The molecule has 1 heterocycles. The largest absolute Gasteiger partial charge is 0.320 e. The minimum atomic E-state index is -0.222. The van der Waals surface area contributed by atoms with Crippen LogP contribution in [0, 0.1) is 6.92 Å². The third-order valence-corrected chi connectivity index (χ3v) is 4.11. The SMILES string of the molecule is CCc1cccc(C)c1NC(=O)c1ccn(-c2cccc(Cl)c2)n1. The minimum absolute atomic E-state index is 0.222. The Hall–Kier alpha value is -2.59. The molecule has 0 aliphatic rings. The summed E-state index contributed by atoms with van der Waals surface area (Å²) in [5.41, 5.74) is 4.18. The number of nitrogens with one attached hydrogen (secondary N) is 1. The van der Waals surface area contributed by atoms with Gasteiger partial charge in [-0.2, -0.15) is 5.10 Å². The quantitative estimate of drug-likeness (QED) is 0.752. The van der Waals surface area contributed by atoms with Gasteiger partial charge in [-0.1, -0.05) is 42.8 Å². The highest BCUT2D eigenvalue weighted by Gasteiger charge is 2.13. The lowest BCUT2D eigenvalue weighted by Crippen LogP contribution is -2.15. The van der Waals surface area contributed by atoms with E-state index in [1.165, 1.54) is 0 Å². The van der Waals surface area contributed by atoms with E-state index >= 15 is 0 Å². The zero-order valence-corrected chi connectivity index (χ0v) is 14.3. The molecule has 122 valence electrons. The van der Waals surface area contributed by atoms with E-state index < -0.39 is 0 Å². The van der Waals surface area contributed by atoms with Crippen molar-refractivity contribution in [2.24, 2.45) is 0 Å². The second kappa shape index (κ2) is 6.89. The number of hydrogen-bond donors (Lipinski definition) is 1. The van der Waals surface area contributed by atoms with E-state index in [9.17, 15) is 4.79 Å². The van der Waals surface area contributed by atoms with Crippen molar-refractivity contribution < 1.29 is 4.79 Å². The van der Waals surface area contributed by atoms with E-state index in [0.29, 0.717) is 10.7 Å². The summed E-state index contributed by atoms with van der Waals surface area (Å²) < 4.78 is 1.64. The van der Waals surface area contributed by atoms with Crippen molar-refractivity contribution in [3.8, 4) is 5.69 Å². The van der Waals surface area contributed by atoms with Crippen LogP contribution in [0.2, 0.25) is 5.02 Å². The Morgan fingerprint density at radius 1 is 1.21 bits per heavy atom. The van der Waals surface area contributed by atoms with Crippen LogP contribution < -0.4 is 5.32 Å². The van der Waals surface area contributed by atoms with Gasteiger partial charge in [-0.15, -0.1) is 0 Å². The molecule has 0 aliphatic heterocycles. The predicted octanol–water partition coefficient (Wildman–Crippen LogP) is 4.65. The second-order valence-corrected chi connectivity index (χ2v) is 5.98. The van der Waals surface area contributed by atoms with Gasteiger partial charge in [0.1, 0.15) is 0 Å². The predicted molar refractivity (Wildman–Crippen MR) is 97.1 cm³/mol. The molecule has 5 heteroatoms.